The monoisotopic (exact) mass is 426 g/mol. The van der Waals surface area contributed by atoms with Crippen LogP contribution in [0, 0.1) is 5.92 Å². The van der Waals surface area contributed by atoms with Gasteiger partial charge >= 0.3 is 13.6 Å². The van der Waals surface area contributed by atoms with Crippen molar-refractivity contribution in [3.63, 3.8) is 0 Å². The summed E-state index contributed by atoms with van der Waals surface area (Å²) in [5.74, 6) is -3.07. The lowest BCUT2D eigenvalue weighted by atomic mass is 10.0. The highest BCUT2D eigenvalue weighted by Crippen LogP contribution is 2.41. The van der Waals surface area contributed by atoms with Crippen LogP contribution in [0.3, 0.4) is 0 Å². The molecule has 160 valence electrons. The number of para-hydroxylation sites is 1. The standard InChI is InChI=1S/C13H16N2O2.C6H11O5P/c1-2-3-9-11-12(16)14-15(13(11)17)10-7-5-4-6-8-10;1-4(2)6(7)11-5(3)12(8,9)10/h4-8,11H,2-3,9H2,1H3,(H,14,16);5H,1H2,2-3H3,(H2,8,9,10). The van der Waals surface area contributed by atoms with Crippen molar-refractivity contribution in [2.75, 3.05) is 5.01 Å². The van der Waals surface area contributed by atoms with Crippen molar-refractivity contribution in [3.8, 4) is 0 Å². The van der Waals surface area contributed by atoms with Gasteiger partial charge in [-0.1, -0.05) is 44.5 Å². The Bertz CT molecular complexity index is 791. The fraction of sp³-hybridized carbons (Fsp3) is 0.421. The first-order chi connectivity index (χ1) is 13.5. The third-order valence-electron chi connectivity index (χ3n) is 4.02. The van der Waals surface area contributed by atoms with Crippen LogP contribution in [-0.4, -0.2) is 33.4 Å². The van der Waals surface area contributed by atoms with Crippen LogP contribution in [0.5, 0.6) is 0 Å². The highest BCUT2D eigenvalue weighted by Gasteiger charge is 2.39. The molecule has 0 bridgehead atoms. The number of carbonyl (C=O) groups excluding carboxylic acids is 3. The zero-order chi connectivity index (χ0) is 22.2. The minimum absolute atomic E-state index is 0.107. The maximum absolute atomic E-state index is 12.1. The molecule has 2 atom stereocenters. The number of esters is 1. The van der Waals surface area contributed by atoms with Gasteiger partial charge in [0.2, 0.25) is 0 Å². The Morgan fingerprint density at radius 1 is 1.31 bits per heavy atom. The lowest BCUT2D eigenvalue weighted by Crippen LogP contribution is -2.35. The van der Waals surface area contributed by atoms with Crippen molar-refractivity contribution < 1.29 is 33.5 Å². The first kappa shape index (κ1) is 24.6. The zero-order valence-corrected chi connectivity index (χ0v) is 17.6. The van der Waals surface area contributed by atoms with Crippen LogP contribution in [-0.2, 0) is 23.7 Å². The van der Waals surface area contributed by atoms with Gasteiger partial charge in [-0.05, 0) is 32.4 Å². The van der Waals surface area contributed by atoms with Gasteiger partial charge < -0.3 is 14.5 Å². The third-order valence-corrected chi connectivity index (χ3v) is 5.07. The van der Waals surface area contributed by atoms with Crippen LogP contribution in [0.4, 0.5) is 5.69 Å². The summed E-state index contributed by atoms with van der Waals surface area (Å²) < 4.78 is 14.9. The van der Waals surface area contributed by atoms with E-state index in [4.69, 9.17) is 9.79 Å². The summed E-state index contributed by atoms with van der Waals surface area (Å²) >= 11 is 0. The molecule has 1 aromatic rings. The number of hydrazine groups is 1. The van der Waals surface area contributed by atoms with Gasteiger partial charge in [-0.2, -0.15) is 0 Å². The van der Waals surface area contributed by atoms with E-state index in [9.17, 15) is 18.9 Å². The lowest BCUT2D eigenvalue weighted by Gasteiger charge is -2.14. The van der Waals surface area contributed by atoms with Crippen LogP contribution in [0.2, 0.25) is 0 Å². The Hall–Kier alpha value is -2.48. The topological polar surface area (TPSA) is 133 Å². The Morgan fingerprint density at radius 2 is 1.90 bits per heavy atom. The van der Waals surface area contributed by atoms with Gasteiger partial charge in [0.05, 0.1) is 5.69 Å². The Labute approximate surface area is 169 Å². The number of nitrogens with zero attached hydrogens (tertiary/aromatic N) is 1. The van der Waals surface area contributed by atoms with Gasteiger partial charge in [0.1, 0.15) is 5.92 Å². The van der Waals surface area contributed by atoms with Gasteiger partial charge in [-0.3, -0.25) is 19.6 Å². The second-order valence-corrected chi connectivity index (χ2v) is 8.46. The summed E-state index contributed by atoms with van der Waals surface area (Å²) in [5.41, 5.74) is 3.44. The fourth-order valence-electron chi connectivity index (χ4n) is 2.27. The molecule has 1 fully saturated rings. The van der Waals surface area contributed by atoms with E-state index < -0.39 is 25.3 Å². The Kier molecular flexibility index (Phi) is 9.23. The molecule has 29 heavy (non-hydrogen) atoms. The second-order valence-electron chi connectivity index (χ2n) is 6.55. The van der Waals surface area contributed by atoms with Crippen molar-refractivity contribution in [2.24, 2.45) is 5.92 Å². The summed E-state index contributed by atoms with van der Waals surface area (Å²) in [6, 6.07) is 9.17. The SMILES string of the molecule is C=C(C)C(=O)OC(C)P(=O)(O)O.CCCCC1C(=O)NN(c2ccccc2)C1=O. The van der Waals surface area contributed by atoms with Crippen LogP contribution < -0.4 is 10.4 Å². The molecule has 1 aliphatic heterocycles. The molecule has 0 aliphatic carbocycles. The molecular weight excluding hydrogens is 399 g/mol. The lowest BCUT2D eigenvalue weighted by molar-refractivity contribution is -0.140. The molecule has 1 saturated heterocycles. The molecule has 0 aromatic heterocycles. The molecule has 9 nitrogen and oxygen atoms in total. The molecule has 0 saturated carbocycles. The van der Waals surface area contributed by atoms with Gasteiger partial charge in [-0.15, -0.1) is 0 Å². The quantitative estimate of drug-likeness (QED) is 0.264. The zero-order valence-electron chi connectivity index (χ0n) is 16.7. The summed E-state index contributed by atoms with van der Waals surface area (Å²) in [7, 11) is -4.33. The maximum atomic E-state index is 12.1. The number of benzene rings is 1. The normalized spacial score (nSPS) is 17.1. The molecule has 0 radical (unpaired) electrons. The van der Waals surface area contributed by atoms with Crippen LogP contribution >= 0.6 is 7.60 Å². The molecule has 1 aromatic carbocycles. The van der Waals surface area contributed by atoms with Crippen LogP contribution in [0.1, 0.15) is 40.0 Å². The van der Waals surface area contributed by atoms with Gasteiger partial charge in [-0.25, -0.2) is 9.80 Å². The number of hydrogen-bond acceptors (Lipinski definition) is 5. The predicted molar refractivity (Wildman–Crippen MR) is 107 cm³/mol. The highest BCUT2D eigenvalue weighted by atomic mass is 31.2. The van der Waals surface area contributed by atoms with Crippen molar-refractivity contribution >= 4 is 31.1 Å². The van der Waals surface area contributed by atoms with Crippen molar-refractivity contribution in [1.29, 1.82) is 0 Å². The first-order valence-electron chi connectivity index (χ1n) is 9.10. The molecule has 10 heteroatoms. The summed E-state index contributed by atoms with van der Waals surface area (Å²) in [5, 5.41) is 1.35. The molecule has 0 spiro atoms. The number of amides is 2. The van der Waals surface area contributed by atoms with E-state index in [0.717, 1.165) is 19.8 Å². The number of nitrogens with one attached hydrogen (secondary N) is 1. The average Bonchev–Trinajstić information content (AvgIpc) is 2.94. The fourth-order valence-corrected chi connectivity index (χ4v) is 2.50. The Balaban J connectivity index is 0.000000311. The van der Waals surface area contributed by atoms with Gasteiger partial charge in [0.15, 0.2) is 5.85 Å². The van der Waals surface area contributed by atoms with Crippen molar-refractivity contribution in [3.05, 3.63) is 42.5 Å². The van der Waals surface area contributed by atoms with E-state index in [1.54, 1.807) is 12.1 Å². The largest absolute Gasteiger partial charge is 0.446 e. The first-order valence-corrected chi connectivity index (χ1v) is 10.8. The van der Waals surface area contributed by atoms with E-state index in [1.807, 2.05) is 25.1 Å². The number of anilines is 1. The molecule has 1 aliphatic rings. The molecule has 3 N–H and O–H groups in total. The van der Waals surface area contributed by atoms with E-state index in [1.165, 1.54) is 11.9 Å². The molecular formula is C19H27N2O7P. The van der Waals surface area contributed by atoms with E-state index >= 15 is 0 Å². The Morgan fingerprint density at radius 3 is 2.38 bits per heavy atom. The molecule has 1 heterocycles. The maximum Gasteiger partial charge on any atom is 0.365 e. The second kappa shape index (κ2) is 10.9. The van der Waals surface area contributed by atoms with Gasteiger partial charge in [0.25, 0.3) is 11.8 Å². The molecule has 2 unspecified atom stereocenters. The number of ether oxygens (including phenoxy) is 1. The van der Waals surface area contributed by atoms with E-state index in [0.29, 0.717) is 12.1 Å². The van der Waals surface area contributed by atoms with Crippen molar-refractivity contribution in [2.45, 2.75) is 45.9 Å². The number of rotatable bonds is 7. The summed E-state index contributed by atoms with van der Waals surface area (Å²) in [6.07, 6.45) is 2.51. The smallest absolute Gasteiger partial charge is 0.365 e. The molecule has 2 amide bonds. The minimum Gasteiger partial charge on any atom is -0.446 e. The third kappa shape index (κ3) is 7.45. The minimum atomic E-state index is -4.33. The predicted octanol–water partition coefficient (Wildman–Crippen LogP) is 2.50. The average molecular weight is 426 g/mol. The number of hydrogen-bond donors (Lipinski definition) is 3. The number of carbonyl (C=O) groups is 3. The van der Waals surface area contributed by atoms with E-state index in [2.05, 4.69) is 16.7 Å². The van der Waals surface area contributed by atoms with Crippen molar-refractivity contribution in [1.82, 2.24) is 5.43 Å². The number of unbranched alkanes of at least 4 members (excludes halogenated alkanes) is 1. The molecule has 2 rings (SSSR count). The van der Waals surface area contributed by atoms with Crippen LogP contribution in [0.25, 0.3) is 0 Å². The van der Waals surface area contributed by atoms with Gasteiger partial charge in [0, 0.05) is 5.57 Å². The summed E-state index contributed by atoms with van der Waals surface area (Å²) in [4.78, 5) is 51.5. The summed E-state index contributed by atoms with van der Waals surface area (Å²) in [6.45, 7) is 7.83. The highest BCUT2D eigenvalue weighted by molar-refractivity contribution is 7.52. The van der Waals surface area contributed by atoms with Crippen LogP contribution in [0.15, 0.2) is 42.5 Å². The van der Waals surface area contributed by atoms with E-state index in [-0.39, 0.29) is 17.4 Å².